The van der Waals surface area contributed by atoms with Crippen molar-refractivity contribution in [2.75, 3.05) is 0 Å². The van der Waals surface area contributed by atoms with Gasteiger partial charge in [-0.25, -0.2) is 9.59 Å². The van der Waals surface area contributed by atoms with Crippen LogP contribution in [0.25, 0.3) is 0 Å². The van der Waals surface area contributed by atoms with Gasteiger partial charge in [0, 0.05) is 6.07 Å². The average Bonchev–Trinajstić information content (AvgIpc) is 2.82. The SMILES string of the molecule is O=C(NCc1ccno1)NC1(C(=O)O)CCCCCC1. The van der Waals surface area contributed by atoms with Crippen LogP contribution in [0.5, 0.6) is 0 Å². The minimum atomic E-state index is -1.15. The van der Waals surface area contributed by atoms with E-state index in [1.807, 2.05) is 0 Å². The number of aromatic nitrogens is 1. The zero-order valence-electron chi connectivity index (χ0n) is 11.2. The molecule has 0 spiro atoms. The van der Waals surface area contributed by atoms with E-state index in [2.05, 4.69) is 15.8 Å². The van der Waals surface area contributed by atoms with Crippen LogP contribution >= 0.6 is 0 Å². The number of hydrogen-bond acceptors (Lipinski definition) is 4. The van der Waals surface area contributed by atoms with E-state index in [0.717, 1.165) is 25.7 Å². The molecular formula is C13H19N3O4. The Morgan fingerprint density at radius 3 is 2.55 bits per heavy atom. The van der Waals surface area contributed by atoms with E-state index < -0.39 is 17.5 Å². The van der Waals surface area contributed by atoms with E-state index >= 15 is 0 Å². The van der Waals surface area contributed by atoms with Crippen molar-refractivity contribution in [1.82, 2.24) is 15.8 Å². The molecule has 1 saturated carbocycles. The van der Waals surface area contributed by atoms with Crippen LogP contribution in [0, 0.1) is 0 Å². The zero-order valence-corrected chi connectivity index (χ0v) is 11.2. The molecule has 1 heterocycles. The molecule has 2 rings (SSSR count). The van der Waals surface area contributed by atoms with Crippen LogP contribution in [0.1, 0.15) is 44.3 Å². The van der Waals surface area contributed by atoms with Gasteiger partial charge in [-0.2, -0.15) is 0 Å². The lowest BCUT2D eigenvalue weighted by Crippen LogP contribution is -2.56. The van der Waals surface area contributed by atoms with Crippen molar-refractivity contribution >= 4 is 12.0 Å². The Kier molecular flexibility index (Phi) is 4.60. The average molecular weight is 281 g/mol. The van der Waals surface area contributed by atoms with Crippen molar-refractivity contribution in [1.29, 1.82) is 0 Å². The van der Waals surface area contributed by atoms with Gasteiger partial charge in [0.05, 0.1) is 12.7 Å². The van der Waals surface area contributed by atoms with Gasteiger partial charge in [-0.3, -0.25) is 0 Å². The van der Waals surface area contributed by atoms with E-state index in [1.54, 1.807) is 6.07 Å². The lowest BCUT2D eigenvalue weighted by Gasteiger charge is -2.29. The Hall–Kier alpha value is -2.05. The predicted octanol–water partition coefficient (Wildman–Crippen LogP) is 1.65. The number of carboxylic acid groups (broad SMARTS) is 1. The van der Waals surface area contributed by atoms with Crippen LogP contribution in [-0.4, -0.2) is 27.8 Å². The number of hydrogen-bond donors (Lipinski definition) is 3. The van der Waals surface area contributed by atoms with Gasteiger partial charge in [0.1, 0.15) is 5.54 Å². The molecule has 0 radical (unpaired) electrons. The van der Waals surface area contributed by atoms with Crippen molar-refractivity contribution < 1.29 is 19.2 Å². The van der Waals surface area contributed by atoms with Gasteiger partial charge in [0.2, 0.25) is 0 Å². The Morgan fingerprint density at radius 2 is 2.00 bits per heavy atom. The fraction of sp³-hybridized carbons (Fsp3) is 0.615. The molecule has 1 aliphatic rings. The summed E-state index contributed by atoms with van der Waals surface area (Å²) in [4.78, 5) is 23.4. The monoisotopic (exact) mass is 281 g/mol. The summed E-state index contributed by atoms with van der Waals surface area (Å²) in [6, 6.07) is 1.14. The Morgan fingerprint density at radius 1 is 1.30 bits per heavy atom. The maximum atomic E-state index is 11.9. The third kappa shape index (κ3) is 3.49. The molecule has 2 amide bonds. The highest BCUT2D eigenvalue weighted by Gasteiger charge is 2.40. The van der Waals surface area contributed by atoms with E-state index in [1.165, 1.54) is 6.20 Å². The number of carbonyl (C=O) groups excluding carboxylic acids is 1. The summed E-state index contributed by atoms with van der Waals surface area (Å²) >= 11 is 0. The molecule has 1 aromatic heterocycles. The molecule has 110 valence electrons. The first-order valence-corrected chi connectivity index (χ1v) is 6.81. The van der Waals surface area contributed by atoms with Crippen LogP contribution in [-0.2, 0) is 11.3 Å². The fourth-order valence-electron chi connectivity index (χ4n) is 2.49. The van der Waals surface area contributed by atoms with Crippen LogP contribution in [0.15, 0.2) is 16.8 Å². The van der Waals surface area contributed by atoms with Gasteiger partial charge >= 0.3 is 12.0 Å². The van der Waals surface area contributed by atoms with Crippen molar-refractivity contribution in [2.24, 2.45) is 0 Å². The highest BCUT2D eigenvalue weighted by Crippen LogP contribution is 2.27. The molecule has 20 heavy (non-hydrogen) atoms. The number of aliphatic carboxylic acids is 1. The van der Waals surface area contributed by atoms with E-state index in [0.29, 0.717) is 18.6 Å². The molecule has 0 bridgehead atoms. The van der Waals surface area contributed by atoms with Gasteiger partial charge in [-0.15, -0.1) is 0 Å². The second-order valence-corrected chi connectivity index (χ2v) is 5.09. The van der Waals surface area contributed by atoms with E-state index in [9.17, 15) is 14.7 Å². The minimum absolute atomic E-state index is 0.182. The zero-order chi connectivity index (χ0) is 14.4. The van der Waals surface area contributed by atoms with Crippen LogP contribution in [0.2, 0.25) is 0 Å². The molecule has 0 saturated heterocycles. The lowest BCUT2D eigenvalue weighted by molar-refractivity contribution is -0.145. The number of carbonyl (C=O) groups is 2. The summed E-state index contributed by atoms with van der Waals surface area (Å²) < 4.78 is 4.86. The summed E-state index contributed by atoms with van der Waals surface area (Å²) in [6.07, 6.45) is 6.07. The standard InChI is InChI=1S/C13H19N3O4/c17-11(18)13(6-3-1-2-4-7-13)16-12(19)14-9-10-5-8-15-20-10/h5,8H,1-4,6-7,9H2,(H,17,18)(H2,14,16,19). The van der Waals surface area contributed by atoms with Gasteiger partial charge in [0.25, 0.3) is 0 Å². The Balaban J connectivity index is 1.93. The number of urea groups is 1. The van der Waals surface area contributed by atoms with Gasteiger partial charge < -0.3 is 20.3 Å². The lowest BCUT2D eigenvalue weighted by atomic mass is 9.90. The first kappa shape index (κ1) is 14.4. The van der Waals surface area contributed by atoms with Crippen molar-refractivity contribution in [3.63, 3.8) is 0 Å². The molecule has 7 heteroatoms. The molecular weight excluding hydrogens is 262 g/mol. The first-order valence-electron chi connectivity index (χ1n) is 6.81. The number of rotatable bonds is 4. The number of nitrogens with zero attached hydrogens (tertiary/aromatic N) is 1. The predicted molar refractivity (Wildman–Crippen MR) is 69.9 cm³/mol. The second-order valence-electron chi connectivity index (χ2n) is 5.09. The molecule has 3 N–H and O–H groups in total. The molecule has 0 aromatic carbocycles. The molecule has 7 nitrogen and oxygen atoms in total. The van der Waals surface area contributed by atoms with Crippen LogP contribution in [0.3, 0.4) is 0 Å². The van der Waals surface area contributed by atoms with Crippen LogP contribution in [0.4, 0.5) is 4.79 Å². The normalized spacial score (nSPS) is 18.0. The minimum Gasteiger partial charge on any atom is -0.480 e. The van der Waals surface area contributed by atoms with Crippen molar-refractivity contribution in [3.05, 3.63) is 18.0 Å². The maximum absolute atomic E-state index is 11.9. The molecule has 1 aliphatic carbocycles. The maximum Gasteiger partial charge on any atom is 0.329 e. The van der Waals surface area contributed by atoms with Crippen molar-refractivity contribution in [2.45, 2.75) is 50.6 Å². The molecule has 0 aliphatic heterocycles. The Labute approximate surface area is 116 Å². The molecule has 0 unspecified atom stereocenters. The molecule has 0 atom stereocenters. The third-order valence-corrected chi connectivity index (χ3v) is 3.63. The summed E-state index contributed by atoms with van der Waals surface area (Å²) in [5.74, 6) is -0.445. The number of carboxylic acids is 1. The highest BCUT2D eigenvalue weighted by molar-refractivity contribution is 5.86. The van der Waals surface area contributed by atoms with Crippen molar-refractivity contribution in [3.8, 4) is 0 Å². The third-order valence-electron chi connectivity index (χ3n) is 3.63. The summed E-state index contributed by atoms with van der Waals surface area (Å²) in [6.45, 7) is 0.182. The number of nitrogens with one attached hydrogen (secondary N) is 2. The smallest absolute Gasteiger partial charge is 0.329 e. The van der Waals surface area contributed by atoms with Crippen LogP contribution < -0.4 is 10.6 Å². The quantitative estimate of drug-likeness (QED) is 0.728. The topological polar surface area (TPSA) is 104 Å². The summed E-state index contributed by atoms with van der Waals surface area (Å²) in [7, 11) is 0. The molecule has 1 fully saturated rings. The van der Waals surface area contributed by atoms with E-state index in [4.69, 9.17) is 4.52 Å². The van der Waals surface area contributed by atoms with E-state index in [-0.39, 0.29) is 6.54 Å². The fourth-order valence-corrected chi connectivity index (χ4v) is 2.49. The Bertz CT molecular complexity index is 450. The largest absolute Gasteiger partial charge is 0.480 e. The summed E-state index contributed by atoms with van der Waals surface area (Å²) in [5, 5.41) is 18.2. The highest BCUT2D eigenvalue weighted by atomic mass is 16.5. The first-order chi connectivity index (χ1) is 9.62. The number of amides is 2. The summed E-state index contributed by atoms with van der Waals surface area (Å²) in [5.41, 5.74) is -1.15. The second kappa shape index (κ2) is 6.40. The van der Waals surface area contributed by atoms with Gasteiger partial charge in [-0.1, -0.05) is 30.8 Å². The van der Waals surface area contributed by atoms with Gasteiger partial charge in [0.15, 0.2) is 5.76 Å². The molecule has 1 aromatic rings. The van der Waals surface area contributed by atoms with Gasteiger partial charge in [-0.05, 0) is 12.8 Å².